The van der Waals surface area contributed by atoms with Crippen molar-refractivity contribution in [2.75, 3.05) is 19.5 Å². The minimum absolute atomic E-state index is 0.181. The van der Waals surface area contributed by atoms with Gasteiger partial charge in [-0.3, -0.25) is 0 Å². The van der Waals surface area contributed by atoms with E-state index < -0.39 is 0 Å². The summed E-state index contributed by atoms with van der Waals surface area (Å²) in [7, 11) is 1.69. The average molecular weight is 261 g/mol. The molecular formula is C14H15NO2S. The maximum Gasteiger partial charge on any atom is 0.142 e. The largest absolute Gasteiger partial charge is 0.495 e. The Bertz CT molecular complexity index is 532. The number of methoxy groups -OCH3 is 1. The van der Waals surface area contributed by atoms with Crippen LogP contribution in [0.15, 0.2) is 42.7 Å². The minimum Gasteiger partial charge on any atom is -0.495 e. The molecule has 2 heterocycles. The summed E-state index contributed by atoms with van der Waals surface area (Å²) in [6, 6.07) is 10.1. The van der Waals surface area contributed by atoms with Crippen molar-refractivity contribution in [1.82, 2.24) is 4.57 Å². The maximum absolute atomic E-state index is 5.66. The van der Waals surface area contributed by atoms with E-state index in [-0.39, 0.29) is 5.44 Å². The van der Waals surface area contributed by atoms with Crippen molar-refractivity contribution < 1.29 is 9.47 Å². The quantitative estimate of drug-likeness (QED) is 0.847. The van der Waals surface area contributed by atoms with Crippen LogP contribution in [0.5, 0.6) is 5.75 Å². The molecule has 0 unspecified atom stereocenters. The second kappa shape index (κ2) is 5.08. The fourth-order valence-electron chi connectivity index (χ4n) is 2.10. The van der Waals surface area contributed by atoms with Gasteiger partial charge in [0, 0.05) is 23.7 Å². The van der Waals surface area contributed by atoms with Crippen LogP contribution < -0.4 is 4.74 Å². The van der Waals surface area contributed by atoms with Crippen LogP contribution in [0.1, 0.15) is 11.0 Å². The molecule has 1 aromatic carbocycles. The van der Waals surface area contributed by atoms with Gasteiger partial charge in [-0.1, -0.05) is 12.1 Å². The number of para-hydroxylation sites is 2. The molecule has 1 aliphatic rings. The number of hydrogen-bond acceptors (Lipinski definition) is 3. The molecule has 1 aliphatic heterocycles. The van der Waals surface area contributed by atoms with Gasteiger partial charge < -0.3 is 14.0 Å². The lowest BCUT2D eigenvalue weighted by Gasteiger charge is -2.09. The number of aromatic nitrogens is 1. The van der Waals surface area contributed by atoms with Crippen molar-refractivity contribution >= 4 is 11.8 Å². The van der Waals surface area contributed by atoms with Gasteiger partial charge in [0.2, 0.25) is 0 Å². The highest BCUT2D eigenvalue weighted by atomic mass is 32.2. The molecule has 3 rings (SSSR count). The van der Waals surface area contributed by atoms with Gasteiger partial charge in [-0.25, -0.2) is 0 Å². The first-order valence-corrected chi connectivity index (χ1v) is 6.98. The molecule has 0 radical (unpaired) electrons. The van der Waals surface area contributed by atoms with E-state index in [0.29, 0.717) is 0 Å². The number of nitrogens with zero attached hydrogens (tertiary/aromatic N) is 1. The number of thioether (sulfide) groups is 1. The zero-order valence-electron chi connectivity index (χ0n) is 10.2. The molecule has 0 amide bonds. The fourth-order valence-corrected chi connectivity index (χ4v) is 3.03. The van der Waals surface area contributed by atoms with Gasteiger partial charge in [0.1, 0.15) is 11.2 Å². The average Bonchev–Trinajstić information content (AvgIpc) is 3.09. The monoisotopic (exact) mass is 261 g/mol. The standard InChI is InChI=1S/C14H15NO2S/c1-16-13-5-3-2-4-12(13)15-7-6-11(10-15)14-17-8-9-18-14/h2-7,10,14H,8-9H2,1H3/t14-/m1/s1. The lowest BCUT2D eigenvalue weighted by atomic mass is 10.3. The number of ether oxygens (including phenoxy) is 2. The topological polar surface area (TPSA) is 23.4 Å². The molecule has 3 nitrogen and oxygen atoms in total. The normalized spacial score (nSPS) is 19.1. The van der Waals surface area contributed by atoms with E-state index in [2.05, 4.69) is 23.0 Å². The molecular weight excluding hydrogens is 246 g/mol. The first kappa shape index (κ1) is 11.7. The molecule has 4 heteroatoms. The molecule has 1 aromatic heterocycles. The number of benzene rings is 1. The van der Waals surface area contributed by atoms with E-state index >= 15 is 0 Å². The van der Waals surface area contributed by atoms with Crippen LogP contribution in [-0.4, -0.2) is 24.0 Å². The Morgan fingerprint density at radius 2 is 2.22 bits per heavy atom. The maximum atomic E-state index is 5.66. The predicted octanol–water partition coefficient (Wildman–Crippen LogP) is 3.25. The van der Waals surface area contributed by atoms with Crippen molar-refractivity contribution in [3.8, 4) is 11.4 Å². The molecule has 1 atom stereocenters. The Kier molecular flexibility index (Phi) is 3.30. The molecule has 0 N–H and O–H groups in total. The zero-order valence-corrected chi connectivity index (χ0v) is 11.0. The van der Waals surface area contributed by atoms with E-state index in [4.69, 9.17) is 9.47 Å². The van der Waals surface area contributed by atoms with Gasteiger partial charge in [0.05, 0.1) is 19.4 Å². The van der Waals surface area contributed by atoms with E-state index in [9.17, 15) is 0 Å². The summed E-state index contributed by atoms with van der Waals surface area (Å²) in [5.41, 5.74) is 2.44. The van der Waals surface area contributed by atoms with Gasteiger partial charge in [-0.05, 0) is 18.2 Å². The molecule has 18 heavy (non-hydrogen) atoms. The van der Waals surface area contributed by atoms with Crippen LogP contribution >= 0.6 is 11.8 Å². The highest BCUT2D eigenvalue weighted by molar-refractivity contribution is 7.99. The third kappa shape index (κ3) is 2.13. The smallest absolute Gasteiger partial charge is 0.142 e. The Balaban J connectivity index is 1.92. The van der Waals surface area contributed by atoms with Crippen LogP contribution in [0.3, 0.4) is 0 Å². The molecule has 1 saturated heterocycles. The Morgan fingerprint density at radius 1 is 1.33 bits per heavy atom. The van der Waals surface area contributed by atoms with Crippen LogP contribution in [0.25, 0.3) is 5.69 Å². The van der Waals surface area contributed by atoms with E-state index in [1.165, 1.54) is 5.56 Å². The number of rotatable bonds is 3. The molecule has 0 saturated carbocycles. The summed E-state index contributed by atoms with van der Waals surface area (Å²) in [5.74, 6) is 1.95. The van der Waals surface area contributed by atoms with Crippen molar-refractivity contribution in [1.29, 1.82) is 0 Å². The van der Waals surface area contributed by atoms with E-state index in [1.807, 2.05) is 36.0 Å². The van der Waals surface area contributed by atoms with E-state index in [0.717, 1.165) is 23.8 Å². The van der Waals surface area contributed by atoms with Crippen LogP contribution in [-0.2, 0) is 4.74 Å². The lowest BCUT2D eigenvalue weighted by molar-refractivity contribution is 0.145. The Morgan fingerprint density at radius 3 is 3.00 bits per heavy atom. The van der Waals surface area contributed by atoms with Crippen LogP contribution in [0.4, 0.5) is 0 Å². The molecule has 0 aliphatic carbocycles. The summed E-state index contributed by atoms with van der Waals surface area (Å²) in [5, 5.41) is 0. The molecule has 0 spiro atoms. The summed E-state index contributed by atoms with van der Waals surface area (Å²) in [4.78, 5) is 0. The van der Waals surface area contributed by atoms with E-state index in [1.54, 1.807) is 7.11 Å². The van der Waals surface area contributed by atoms with Gasteiger partial charge >= 0.3 is 0 Å². The second-order valence-corrected chi connectivity index (χ2v) is 5.27. The highest BCUT2D eigenvalue weighted by Crippen LogP contribution is 2.35. The van der Waals surface area contributed by atoms with Crippen molar-refractivity contribution in [2.24, 2.45) is 0 Å². The Labute approximate surface area is 111 Å². The summed E-state index contributed by atoms with van der Waals surface area (Å²) in [6.45, 7) is 0.842. The van der Waals surface area contributed by atoms with Gasteiger partial charge in [-0.2, -0.15) is 0 Å². The molecule has 1 fully saturated rings. The first-order valence-electron chi connectivity index (χ1n) is 5.93. The molecule has 0 bridgehead atoms. The summed E-state index contributed by atoms with van der Waals surface area (Å²) >= 11 is 1.85. The van der Waals surface area contributed by atoms with Crippen molar-refractivity contribution in [3.63, 3.8) is 0 Å². The SMILES string of the molecule is COc1ccccc1-n1ccc([C@@H]2OCCS2)c1. The first-order chi connectivity index (χ1) is 8.88. The molecule has 94 valence electrons. The van der Waals surface area contributed by atoms with Crippen LogP contribution in [0.2, 0.25) is 0 Å². The predicted molar refractivity (Wildman–Crippen MR) is 73.5 cm³/mol. The minimum atomic E-state index is 0.181. The zero-order chi connectivity index (χ0) is 12.4. The highest BCUT2D eigenvalue weighted by Gasteiger charge is 2.19. The van der Waals surface area contributed by atoms with Gasteiger partial charge in [0.15, 0.2) is 0 Å². The lowest BCUT2D eigenvalue weighted by Crippen LogP contribution is -1.95. The van der Waals surface area contributed by atoms with Gasteiger partial charge in [0.25, 0.3) is 0 Å². The third-order valence-corrected chi connectivity index (χ3v) is 4.09. The fraction of sp³-hybridized carbons (Fsp3) is 0.286. The molecule has 2 aromatic rings. The van der Waals surface area contributed by atoms with Gasteiger partial charge in [-0.15, -0.1) is 11.8 Å². The number of hydrogen-bond donors (Lipinski definition) is 0. The Hall–Kier alpha value is -1.39. The van der Waals surface area contributed by atoms with Crippen molar-refractivity contribution in [3.05, 3.63) is 48.3 Å². The van der Waals surface area contributed by atoms with Crippen molar-refractivity contribution in [2.45, 2.75) is 5.44 Å². The second-order valence-electron chi connectivity index (χ2n) is 4.10. The third-order valence-electron chi connectivity index (χ3n) is 2.97. The summed E-state index contributed by atoms with van der Waals surface area (Å²) in [6.07, 6.45) is 4.16. The summed E-state index contributed by atoms with van der Waals surface area (Å²) < 4.78 is 13.1. The van der Waals surface area contributed by atoms with Crippen LogP contribution in [0, 0.1) is 0 Å².